The van der Waals surface area contributed by atoms with Gasteiger partial charge in [-0.15, -0.1) is 0 Å². The van der Waals surface area contributed by atoms with Gasteiger partial charge in [0, 0.05) is 19.7 Å². The van der Waals surface area contributed by atoms with E-state index in [0.29, 0.717) is 0 Å². The van der Waals surface area contributed by atoms with Crippen molar-refractivity contribution in [1.29, 1.82) is 5.26 Å². The Kier molecular flexibility index (Phi) is 4.24. The van der Waals surface area contributed by atoms with E-state index in [1.807, 2.05) is 0 Å². The molecule has 0 spiro atoms. The van der Waals surface area contributed by atoms with Gasteiger partial charge in [0.25, 0.3) is 5.91 Å². The van der Waals surface area contributed by atoms with E-state index in [0.717, 1.165) is 6.08 Å². The van der Waals surface area contributed by atoms with Crippen molar-refractivity contribution in [2.24, 2.45) is 0 Å². The Hall–Kier alpha value is -1.86. The normalized spacial score (nSPS) is 10.9. The summed E-state index contributed by atoms with van der Waals surface area (Å²) in [4.78, 5) is 12.8. The summed E-state index contributed by atoms with van der Waals surface area (Å²) in [6.45, 7) is 0. The second kappa shape index (κ2) is 5.46. The van der Waals surface area contributed by atoms with E-state index in [1.165, 1.54) is 37.2 Å². The van der Waals surface area contributed by atoms with Crippen molar-refractivity contribution in [3.63, 3.8) is 0 Å². The summed E-state index contributed by atoms with van der Waals surface area (Å²) in [5.74, 6) is -1.07. The van der Waals surface area contributed by atoms with E-state index in [9.17, 15) is 9.18 Å². The van der Waals surface area contributed by atoms with Crippen molar-refractivity contribution in [1.82, 2.24) is 4.90 Å². The third kappa shape index (κ3) is 3.05. The van der Waals surface area contributed by atoms with Crippen molar-refractivity contribution in [2.45, 2.75) is 0 Å². The lowest BCUT2D eigenvalue weighted by atomic mass is 10.1. The van der Waals surface area contributed by atoms with E-state index in [2.05, 4.69) is 0 Å². The van der Waals surface area contributed by atoms with Crippen LogP contribution in [-0.2, 0) is 4.79 Å². The zero-order chi connectivity index (χ0) is 13.0. The van der Waals surface area contributed by atoms with Crippen LogP contribution < -0.4 is 0 Å². The molecule has 0 aromatic heterocycles. The van der Waals surface area contributed by atoms with Crippen molar-refractivity contribution < 1.29 is 9.18 Å². The quantitative estimate of drug-likeness (QED) is 0.600. The molecule has 0 N–H and O–H groups in total. The number of hydrogen-bond acceptors (Lipinski definition) is 2. The monoisotopic (exact) mass is 252 g/mol. The Bertz CT molecular complexity index is 497. The Morgan fingerprint density at radius 2 is 2.18 bits per heavy atom. The van der Waals surface area contributed by atoms with Crippen molar-refractivity contribution in [2.75, 3.05) is 14.1 Å². The SMILES string of the molecule is CN(C)C(=O)/C(C#N)=C/c1c(F)cccc1Cl. The zero-order valence-corrected chi connectivity index (χ0v) is 10.1. The number of likely N-dealkylation sites (N-methyl/N-ethyl adjacent to an activating group) is 1. The minimum atomic E-state index is -0.572. The van der Waals surface area contributed by atoms with Gasteiger partial charge in [0.05, 0.1) is 5.02 Å². The first-order valence-corrected chi connectivity index (χ1v) is 5.12. The third-order valence-corrected chi connectivity index (χ3v) is 2.38. The Morgan fingerprint density at radius 1 is 1.53 bits per heavy atom. The molecule has 3 nitrogen and oxygen atoms in total. The number of rotatable bonds is 2. The first kappa shape index (κ1) is 13.2. The van der Waals surface area contributed by atoms with Gasteiger partial charge >= 0.3 is 0 Å². The highest BCUT2D eigenvalue weighted by molar-refractivity contribution is 6.32. The average Bonchev–Trinajstić information content (AvgIpc) is 2.28. The van der Waals surface area contributed by atoms with Crippen LogP contribution in [0.1, 0.15) is 5.56 Å². The maximum atomic E-state index is 13.4. The third-order valence-electron chi connectivity index (χ3n) is 2.05. The van der Waals surface area contributed by atoms with Crippen molar-refractivity contribution >= 4 is 23.6 Å². The van der Waals surface area contributed by atoms with Gasteiger partial charge in [0.1, 0.15) is 17.5 Å². The fourth-order valence-electron chi connectivity index (χ4n) is 1.18. The molecule has 0 atom stereocenters. The van der Waals surface area contributed by atoms with Crippen LogP contribution >= 0.6 is 11.6 Å². The van der Waals surface area contributed by atoms with Gasteiger partial charge in [0.15, 0.2) is 0 Å². The van der Waals surface area contributed by atoms with E-state index < -0.39 is 11.7 Å². The van der Waals surface area contributed by atoms with Crippen LogP contribution in [0.3, 0.4) is 0 Å². The molecule has 88 valence electrons. The van der Waals surface area contributed by atoms with Gasteiger partial charge in [-0.05, 0) is 18.2 Å². The second-order valence-corrected chi connectivity index (χ2v) is 3.91. The van der Waals surface area contributed by atoms with Crippen LogP contribution in [0, 0.1) is 17.1 Å². The first-order valence-electron chi connectivity index (χ1n) is 4.75. The molecule has 0 radical (unpaired) electrons. The molecule has 0 aliphatic heterocycles. The maximum Gasteiger partial charge on any atom is 0.264 e. The topological polar surface area (TPSA) is 44.1 Å². The van der Waals surface area contributed by atoms with E-state index >= 15 is 0 Å². The standard InChI is InChI=1S/C12H10ClFN2O/c1-16(2)12(17)8(7-15)6-9-10(13)4-3-5-11(9)14/h3-6H,1-2H3/b8-6+. The highest BCUT2D eigenvalue weighted by Gasteiger charge is 2.13. The number of carbonyl (C=O) groups excluding carboxylic acids is 1. The molecule has 1 rings (SSSR count). The van der Waals surface area contributed by atoms with Gasteiger partial charge in [0.2, 0.25) is 0 Å². The lowest BCUT2D eigenvalue weighted by molar-refractivity contribution is -0.124. The van der Waals surface area contributed by atoms with Gasteiger partial charge < -0.3 is 4.90 Å². The molecule has 0 aliphatic carbocycles. The molecule has 0 saturated heterocycles. The number of carbonyl (C=O) groups is 1. The second-order valence-electron chi connectivity index (χ2n) is 3.50. The van der Waals surface area contributed by atoms with Gasteiger partial charge in [-0.1, -0.05) is 17.7 Å². The first-order chi connectivity index (χ1) is 7.97. The van der Waals surface area contributed by atoms with Crippen LogP contribution in [0.25, 0.3) is 6.08 Å². The van der Waals surface area contributed by atoms with Crippen LogP contribution in [-0.4, -0.2) is 24.9 Å². The summed E-state index contributed by atoms with van der Waals surface area (Å²) in [5.41, 5.74) is -0.122. The van der Waals surface area contributed by atoms with Crippen LogP contribution in [0.4, 0.5) is 4.39 Å². The molecule has 0 bridgehead atoms. The maximum absolute atomic E-state index is 13.4. The lowest BCUT2D eigenvalue weighted by Crippen LogP contribution is -2.22. The average molecular weight is 253 g/mol. The summed E-state index contributed by atoms with van der Waals surface area (Å²) in [7, 11) is 3.02. The molecule has 1 aromatic carbocycles. The number of benzene rings is 1. The number of nitriles is 1. The molecule has 0 unspecified atom stereocenters. The summed E-state index contributed by atoms with van der Waals surface area (Å²) >= 11 is 5.80. The number of halogens is 2. The largest absolute Gasteiger partial charge is 0.344 e. The fourth-order valence-corrected chi connectivity index (χ4v) is 1.39. The molecular weight excluding hydrogens is 243 g/mol. The molecule has 1 aromatic rings. The highest BCUT2D eigenvalue weighted by Crippen LogP contribution is 2.22. The molecule has 5 heteroatoms. The summed E-state index contributed by atoms with van der Waals surface area (Å²) in [5, 5.41) is 9.01. The Morgan fingerprint density at radius 3 is 2.65 bits per heavy atom. The number of amides is 1. The minimum absolute atomic E-state index is 0.0425. The zero-order valence-electron chi connectivity index (χ0n) is 9.37. The Labute approximate surface area is 104 Å². The molecule has 0 fully saturated rings. The van der Waals surface area contributed by atoms with E-state index in [4.69, 9.17) is 16.9 Å². The van der Waals surface area contributed by atoms with Crippen LogP contribution in [0.15, 0.2) is 23.8 Å². The summed E-state index contributed by atoms with van der Waals surface area (Å²) in [6.07, 6.45) is 1.15. The van der Waals surface area contributed by atoms with Crippen molar-refractivity contribution in [3.8, 4) is 6.07 Å². The number of nitrogens with zero attached hydrogens (tertiary/aromatic N) is 2. The van der Waals surface area contributed by atoms with Gasteiger partial charge in [-0.25, -0.2) is 4.39 Å². The smallest absolute Gasteiger partial charge is 0.264 e. The number of hydrogen-bond donors (Lipinski definition) is 0. The molecular formula is C12H10ClFN2O. The van der Waals surface area contributed by atoms with Crippen LogP contribution in [0.2, 0.25) is 5.02 Å². The summed E-state index contributed by atoms with van der Waals surface area (Å²) in [6, 6.07) is 5.89. The van der Waals surface area contributed by atoms with E-state index in [-0.39, 0.29) is 16.2 Å². The van der Waals surface area contributed by atoms with Gasteiger partial charge in [-0.2, -0.15) is 5.26 Å². The molecule has 0 saturated carbocycles. The van der Waals surface area contributed by atoms with Crippen molar-refractivity contribution in [3.05, 3.63) is 40.2 Å². The minimum Gasteiger partial charge on any atom is -0.344 e. The predicted molar refractivity (Wildman–Crippen MR) is 63.7 cm³/mol. The molecule has 17 heavy (non-hydrogen) atoms. The van der Waals surface area contributed by atoms with Gasteiger partial charge in [-0.3, -0.25) is 4.79 Å². The Balaban J connectivity index is 3.26. The lowest BCUT2D eigenvalue weighted by Gasteiger charge is -2.09. The fraction of sp³-hybridized carbons (Fsp3) is 0.167. The molecule has 0 aliphatic rings. The molecule has 0 heterocycles. The van der Waals surface area contributed by atoms with Crippen LogP contribution in [0.5, 0.6) is 0 Å². The highest BCUT2D eigenvalue weighted by atomic mass is 35.5. The predicted octanol–water partition coefficient (Wildman–Crippen LogP) is 2.47. The van der Waals surface area contributed by atoms with E-state index in [1.54, 1.807) is 6.07 Å². The molecule has 1 amide bonds. The summed E-state index contributed by atoms with van der Waals surface area (Å²) < 4.78 is 13.4.